The van der Waals surface area contributed by atoms with Gasteiger partial charge in [-0.15, -0.1) is 0 Å². The van der Waals surface area contributed by atoms with Crippen LogP contribution in [-0.4, -0.2) is 35.8 Å². The fraction of sp³-hybridized carbons (Fsp3) is 0.429. The van der Waals surface area contributed by atoms with Crippen LogP contribution in [0.3, 0.4) is 0 Å². The molecule has 1 aliphatic rings. The lowest BCUT2D eigenvalue weighted by atomic mass is 10.0. The van der Waals surface area contributed by atoms with Crippen LogP contribution in [0.25, 0.3) is 0 Å². The summed E-state index contributed by atoms with van der Waals surface area (Å²) in [5, 5.41) is 11.1. The lowest BCUT2D eigenvalue weighted by Gasteiger charge is -2.27. The van der Waals surface area contributed by atoms with Gasteiger partial charge in [-0.25, -0.2) is 0 Å². The van der Waals surface area contributed by atoms with E-state index in [1.807, 2.05) is 37.3 Å². The summed E-state index contributed by atoms with van der Waals surface area (Å²) in [4.78, 5) is 2.37. The highest BCUT2D eigenvalue weighted by molar-refractivity contribution is 6.30. The molecule has 1 N–H and O–H groups in total. The van der Waals surface area contributed by atoms with E-state index in [1.165, 1.54) is 12.0 Å². The number of hydrogen-bond acceptors (Lipinski definition) is 3. The number of benzene rings is 2. The lowest BCUT2D eigenvalue weighted by Crippen LogP contribution is -2.34. The summed E-state index contributed by atoms with van der Waals surface area (Å²) in [6.07, 6.45) is 1.78. The normalized spacial score (nSPS) is 20.5. The fourth-order valence-corrected chi connectivity index (χ4v) is 3.63. The molecule has 3 atom stereocenters. The zero-order valence-corrected chi connectivity index (χ0v) is 15.4. The molecule has 0 radical (unpaired) electrons. The summed E-state index contributed by atoms with van der Waals surface area (Å²) in [6, 6.07) is 18.6. The Morgan fingerprint density at radius 3 is 2.60 bits per heavy atom. The van der Waals surface area contributed by atoms with Crippen LogP contribution in [-0.2, 0) is 4.74 Å². The predicted molar refractivity (Wildman–Crippen MR) is 102 cm³/mol. The summed E-state index contributed by atoms with van der Waals surface area (Å²) in [7, 11) is 0. The molecule has 0 amide bonds. The molecule has 0 bridgehead atoms. The zero-order chi connectivity index (χ0) is 17.6. The van der Waals surface area contributed by atoms with Gasteiger partial charge in [0.1, 0.15) is 0 Å². The molecule has 0 aliphatic carbocycles. The molecule has 3 unspecified atom stereocenters. The second kappa shape index (κ2) is 8.81. The van der Waals surface area contributed by atoms with Gasteiger partial charge in [-0.3, -0.25) is 4.90 Å². The van der Waals surface area contributed by atoms with E-state index in [0.29, 0.717) is 19.2 Å². The Labute approximate surface area is 155 Å². The molecule has 2 aromatic carbocycles. The maximum atomic E-state index is 10.4. The predicted octanol–water partition coefficient (Wildman–Crippen LogP) is 4.62. The molecule has 1 fully saturated rings. The van der Waals surface area contributed by atoms with Crippen molar-refractivity contribution in [3.8, 4) is 0 Å². The van der Waals surface area contributed by atoms with E-state index in [1.54, 1.807) is 0 Å². The van der Waals surface area contributed by atoms with E-state index in [9.17, 15) is 5.11 Å². The number of likely N-dealkylation sites (tertiary alicyclic amines) is 1. The maximum Gasteiger partial charge on any atom is 0.0900 e. The Balaban J connectivity index is 1.50. The van der Waals surface area contributed by atoms with Crippen LogP contribution in [0.1, 0.15) is 43.0 Å². The van der Waals surface area contributed by atoms with Gasteiger partial charge in [-0.2, -0.15) is 0 Å². The van der Waals surface area contributed by atoms with Gasteiger partial charge in [-0.1, -0.05) is 54.1 Å². The summed E-state index contributed by atoms with van der Waals surface area (Å²) < 4.78 is 5.86. The second-order valence-corrected chi connectivity index (χ2v) is 7.18. The molecular formula is C21H26ClNO2. The number of ether oxygens (including phenoxy) is 1. The van der Waals surface area contributed by atoms with Gasteiger partial charge < -0.3 is 9.84 Å². The van der Waals surface area contributed by atoms with Gasteiger partial charge in [0.15, 0.2) is 0 Å². The molecule has 25 heavy (non-hydrogen) atoms. The third-order valence-corrected chi connectivity index (χ3v) is 5.12. The van der Waals surface area contributed by atoms with Crippen LogP contribution in [0.5, 0.6) is 0 Å². The number of halogens is 1. The van der Waals surface area contributed by atoms with Crippen LogP contribution < -0.4 is 0 Å². The maximum absolute atomic E-state index is 10.4. The van der Waals surface area contributed by atoms with Crippen molar-refractivity contribution in [2.45, 2.75) is 38.0 Å². The Morgan fingerprint density at radius 2 is 1.88 bits per heavy atom. The smallest absolute Gasteiger partial charge is 0.0900 e. The minimum absolute atomic E-state index is 0.0598. The summed E-state index contributed by atoms with van der Waals surface area (Å²) >= 11 is 5.92. The highest BCUT2D eigenvalue weighted by Gasteiger charge is 2.27. The van der Waals surface area contributed by atoms with Crippen LogP contribution in [0, 0.1) is 0 Å². The Kier molecular flexibility index (Phi) is 6.49. The SMILES string of the molecule is CC(OCC(O)CN1CCCC1c1ccccc1)c1ccc(Cl)cc1. The van der Waals surface area contributed by atoms with E-state index in [2.05, 4.69) is 29.2 Å². The van der Waals surface area contributed by atoms with Crippen LogP contribution in [0.4, 0.5) is 0 Å². The van der Waals surface area contributed by atoms with Crippen molar-refractivity contribution >= 4 is 11.6 Å². The van der Waals surface area contributed by atoms with Crippen LogP contribution in [0.2, 0.25) is 5.02 Å². The number of rotatable bonds is 7. The van der Waals surface area contributed by atoms with E-state index < -0.39 is 6.10 Å². The molecule has 1 aliphatic heterocycles. The fourth-order valence-electron chi connectivity index (χ4n) is 3.51. The topological polar surface area (TPSA) is 32.7 Å². The van der Waals surface area contributed by atoms with Crippen LogP contribution >= 0.6 is 11.6 Å². The third-order valence-electron chi connectivity index (χ3n) is 4.87. The number of hydrogen-bond donors (Lipinski definition) is 1. The van der Waals surface area contributed by atoms with Gasteiger partial charge in [-0.05, 0) is 49.6 Å². The van der Waals surface area contributed by atoms with E-state index in [0.717, 1.165) is 23.6 Å². The summed E-state index contributed by atoms with van der Waals surface area (Å²) in [5.74, 6) is 0. The van der Waals surface area contributed by atoms with Gasteiger partial charge in [0, 0.05) is 17.6 Å². The van der Waals surface area contributed by atoms with Crippen molar-refractivity contribution in [1.82, 2.24) is 4.90 Å². The first-order valence-electron chi connectivity index (χ1n) is 8.97. The molecule has 0 saturated carbocycles. The molecule has 0 aromatic heterocycles. The lowest BCUT2D eigenvalue weighted by molar-refractivity contribution is -0.0172. The third kappa shape index (κ3) is 5.05. The highest BCUT2D eigenvalue weighted by atomic mass is 35.5. The monoisotopic (exact) mass is 359 g/mol. The van der Waals surface area contributed by atoms with E-state index in [-0.39, 0.29) is 6.10 Å². The van der Waals surface area contributed by atoms with Gasteiger partial charge >= 0.3 is 0 Å². The number of aliphatic hydroxyl groups excluding tert-OH is 1. The summed E-state index contributed by atoms with van der Waals surface area (Å²) in [5.41, 5.74) is 2.41. The van der Waals surface area contributed by atoms with E-state index in [4.69, 9.17) is 16.3 Å². The first-order chi connectivity index (χ1) is 12.1. The minimum atomic E-state index is -0.487. The number of nitrogens with zero attached hydrogens (tertiary/aromatic N) is 1. The average Bonchev–Trinajstić information content (AvgIpc) is 3.09. The molecule has 3 nitrogen and oxygen atoms in total. The molecule has 4 heteroatoms. The Morgan fingerprint density at radius 1 is 1.16 bits per heavy atom. The average molecular weight is 360 g/mol. The molecule has 1 heterocycles. The minimum Gasteiger partial charge on any atom is -0.389 e. The molecule has 134 valence electrons. The number of β-amino-alcohol motifs (C(OH)–C–C–N with tert-alkyl or cyclic N) is 1. The standard InChI is InChI=1S/C21H26ClNO2/c1-16(17-9-11-19(22)12-10-17)25-15-20(24)14-23-13-5-8-21(23)18-6-3-2-4-7-18/h2-4,6-7,9-12,16,20-21,24H,5,8,13-15H2,1H3. The molecule has 0 spiro atoms. The molecule has 1 saturated heterocycles. The molecular weight excluding hydrogens is 334 g/mol. The second-order valence-electron chi connectivity index (χ2n) is 6.74. The van der Waals surface area contributed by atoms with Crippen molar-refractivity contribution < 1.29 is 9.84 Å². The highest BCUT2D eigenvalue weighted by Crippen LogP contribution is 2.31. The number of aliphatic hydroxyl groups is 1. The van der Waals surface area contributed by atoms with Crippen molar-refractivity contribution in [3.63, 3.8) is 0 Å². The van der Waals surface area contributed by atoms with Gasteiger partial charge in [0.05, 0.1) is 18.8 Å². The van der Waals surface area contributed by atoms with E-state index >= 15 is 0 Å². The van der Waals surface area contributed by atoms with Crippen molar-refractivity contribution in [2.75, 3.05) is 19.7 Å². The quantitative estimate of drug-likeness (QED) is 0.783. The van der Waals surface area contributed by atoms with Crippen LogP contribution in [0.15, 0.2) is 54.6 Å². The molecule has 2 aromatic rings. The zero-order valence-electron chi connectivity index (χ0n) is 14.6. The summed E-state index contributed by atoms with van der Waals surface area (Å²) in [6.45, 7) is 4.01. The Bertz CT molecular complexity index is 647. The first kappa shape index (κ1) is 18.4. The van der Waals surface area contributed by atoms with Crippen molar-refractivity contribution in [1.29, 1.82) is 0 Å². The van der Waals surface area contributed by atoms with Crippen molar-refractivity contribution in [3.05, 3.63) is 70.7 Å². The first-order valence-corrected chi connectivity index (χ1v) is 9.35. The molecule has 3 rings (SSSR count). The van der Waals surface area contributed by atoms with Gasteiger partial charge in [0.25, 0.3) is 0 Å². The largest absolute Gasteiger partial charge is 0.389 e. The van der Waals surface area contributed by atoms with Crippen molar-refractivity contribution in [2.24, 2.45) is 0 Å². The van der Waals surface area contributed by atoms with Gasteiger partial charge in [0.2, 0.25) is 0 Å². The Hall–Kier alpha value is -1.39.